The van der Waals surface area contributed by atoms with Gasteiger partial charge in [0.2, 0.25) is 5.91 Å². The zero-order chi connectivity index (χ0) is 13.4. The lowest BCUT2D eigenvalue weighted by molar-refractivity contribution is -0.116. The van der Waals surface area contributed by atoms with Crippen molar-refractivity contribution in [3.05, 3.63) is 57.6 Å². The number of benzene rings is 1. The summed E-state index contributed by atoms with van der Waals surface area (Å²) in [6.07, 6.45) is 0.269. The molecule has 1 aliphatic heterocycles. The number of hydrogen-bond donors (Lipinski definition) is 2. The highest BCUT2D eigenvalue weighted by molar-refractivity contribution is 5.94. The van der Waals surface area contributed by atoms with E-state index >= 15 is 0 Å². The van der Waals surface area contributed by atoms with Gasteiger partial charge in [-0.3, -0.25) is 9.59 Å². The lowest BCUT2D eigenvalue weighted by atomic mass is 9.87. The van der Waals surface area contributed by atoms with Crippen LogP contribution in [-0.2, 0) is 4.79 Å². The summed E-state index contributed by atoms with van der Waals surface area (Å²) in [5.74, 6) is 0.532. The SMILES string of the molecule is Cc1nc2c(c(=O)[nH]1)[C@H](c1ccccc1)CC(=O)N2. The highest BCUT2D eigenvalue weighted by atomic mass is 16.2. The number of aromatic amines is 1. The van der Waals surface area contributed by atoms with Gasteiger partial charge in [0.05, 0.1) is 5.56 Å². The highest BCUT2D eigenvalue weighted by Gasteiger charge is 2.30. The Morgan fingerprint density at radius 1 is 1.21 bits per heavy atom. The molecule has 1 aliphatic rings. The molecule has 1 aromatic carbocycles. The minimum Gasteiger partial charge on any atom is -0.310 e. The molecule has 96 valence electrons. The number of fused-ring (bicyclic) bond motifs is 1. The number of carbonyl (C=O) groups excluding carboxylic acids is 1. The molecule has 1 atom stereocenters. The fraction of sp³-hybridized carbons (Fsp3) is 0.214. The van der Waals surface area contributed by atoms with Crippen molar-refractivity contribution in [3.63, 3.8) is 0 Å². The zero-order valence-corrected chi connectivity index (χ0v) is 10.4. The minimum atomic E-state index is -0.234. The maximum atomic E-state index is 12.1. The molecule has 5 nitrogen and oxygen atoms in total. The fourth-order valence-corrected chi connectivity index (χ4v) is 2.45. The summed E-state index contributed by atoms with van der Waals surface area (Å²) < 4.78 is 0. The smallest absolute Gasteiger partial charge is 0.256 e. The minimum absolute atomic E-state index is 0.112. The standard InChI is InChI=1S/C14H13N3O2/c1-8-15-13-12(14(19)16-8)10(7-11(18)17-13)9-5-3-2-4-6-9/h2-6,10H,7H2,1H3,(H2,15,16,17,18,19)/t10-/m0/s1. The van der Waals surface area contributed by atoms with E-state index < -0.39 is 0 Å². The van der Waals surface area contributed by atoms with Gasteiger partial charge in [0.1, 0.15) is 11.6 Å². The van der Waals surface area contributed by atoms with Crippen molar-refractivity contribution >= 4 is 11.7 Å². The lowest BCUT2D eigenvalue weighted by Gasteiger charge is -2.24. The van der Waals surface area contributed by atoms with Gasteiger partial charge in [0.15, 0.2) is 0 Å². The zero-order valence-electron chi connectivity index (χ0n) is 10.4. The van der Waals surface area contributed by atoms with E-state index in [0.29, 0.717) is 17.2 Å². The third kappa shape index (κ3) is 2.03. The third-order valence-corrected chi connectivity index (χ3v) is 3.27. The Kier molecular flexibility index (Phi) is 2.67. The summed E-state index contributed by atoms with van der Waals surface area (Å²) in [4.78, 5) is 30.8. The molecule has 1 aromatic heterocycles. The molecule has 0 fully saturated rings. The van der Waals surface area contributed by atoms with Crippen molar-refractivity contribution in [2.75, 3.05) is 5.32 Å². The van der Waals surface area contributed by atoms with Crippen molar-refractivity contribution < 1.29 is 4.79 Å². The van der Waals surface area contributed by atoms with Crippen LogP contribution >= 0.6 is 0 Å². The Morgan fingerprint density at radius 3 is 2.68 bits per heavy atom. The second kappa shape index (κ2) is 4.35. The van der Waals surface area contributed by atoms with E-state index in [-0.39, 0.29) is 23.8 Å². The molecule has 19 heavy (non-hydrogen) atoms. The Morgan fingerprint density at radius 2 is 1.95 bits per heavy atom. The molecule has 0 bridgehead atoms. The predicted octanol–water partition coefficient (Wildman–Crippen LogP) is 1.55. The monoisotopic (exact) mass is 255 g/mol. The Balaban J connectivity index is 2.20. The fourth-order valence-electron chi connectivity index (χ4n) is 2.45. The van der Waals surface area contributed by atoms with Gasteiger partial charge in [0, 0.05) is 12.3 Å². The van der Waals surface area contributed by atoms with E-state index in [2.05, 4.69) is 15.3 Å². The third-order valence-electron chi connectivity index (χ3n) is 3.27. The number of aryl methyl sites for hydroxylation is 1. The molecule has 2 aromatic rings. The topological polar surface area (TPSA) is 74.8 Å². The molecule has 0 aliphatic carbocycles. The van der Waals surface area contributed by atoms with Crippen molar-refractivity contribution in [2.24, 2.45) is 0 Å². The van der Waals surface area contributed by atoms with Gasteiger partial charge in [-0.05, 0) is 12.5 Å². The number of rotatable bonds is 1. The first-order valence-corrected chi connectivity index (χ1v) is 6.11. The Hall–Kier alpha value is -2.43. The number of hydrogen-bond acceptors (Lipinski definition) is 3. The van der Waals surface area contributed by atoms with Crippen molar-refractivity contribution in [2.45, 2.75) is 19.3 Å². The first kappa shape index (κ1) is 11.6. The van der Waals surface area contributed by atoms with Gasteiger partial charge in [0.25, 0.3) is 5.56 Å². The normalized spacial score (nSPS) is 17.7. The first-order valence-electron chi connectivity index (χ1n) is 6.11. The van der Waals surface area contributed by atoms with Crippen LogP contribution in [0.3, 0.4) is 0 Å². The molecule has 0 radical (unpaired) electrons. The van der Waals surface area contributed by atoms with Gasteiger partial charge < -0.3 is 10.3 Å². The number of amides is 1. The summed E-state index contributed by atoms with van der Waals surface area (Å²) in [6.45, 7) is 1.69. The summed E-state index contributed by atoms with van der Waals surface area (Å²) >= 11 is 0. The number of aromatic nitrogens is 2. The average molecular weight is 255 g/mol. The van der Waals surface area contributed by atoms with Crippen LogP contribution in [0.4, 0.5) is 5.82 Å². The quantitative estimate of drug-likeness (QED) is 0.811. The number of nitrogens with zero attached hydrogens (tertiary/aromatic N) is 1. The van der Waals surface area contributed by atoms with E-state index in [0.717, 1.165) is 5.56 Å². The maximum absolute atomic E-state index is 12.1. The second-order valence-corrected chi connectivity index (χ2v) is 4.63. The molecule has 0 saturated heterocycles. The van der Waals surface area contributed by atoms with E-state index in [1.54, 1.807) is 6.92 Å². The van der Waals surface area contributed by atoms with Crippen LogP contribution in [0, 0.1) is 6.92 Å². The van der Waals surface area contributed by atoms with Gasteiger partial charge in [-0.2, -0.15) is 0 Å². The van der Waals surface area contributed by atoms with E-state index in [4.69, 9.17) is 0 Å². The average Bonchev–Trinajstić information content (AvgIpc) is 2.38. The number of carbonyl (C=O) groups is 1. The van der Waals surface area contributed by atoms with Crippen molar-refractivity contribution in [1.29, 1.82) is 0 Å². The largest absolute Gasteiger partial charge is 0.310 e. The van der Waals surface area contributed by atoms with Crippen LogP contribution in [0.15, 0.2) is 35.1 Å². The molecule has 0 spiro atoms. The van der Waals surface area contributed by atoms with E-state index in [1.807, 2.05) is 30.3 Å². The molecule has 2 N–H and O–H groups in total. The molecular formula is C14H13N3O2. The van der Waals surface area contributed by atoms with E-state index in [9.17, 15) is 9.59 Å². The van der Waals surface area contributed by atoms with Crippen LogP contribution in [0.1, 0.15) is 29.3 Å². The van der Waals surface area contributed by atoms with Crippen LogP contribution in [0.25, 0.3) is 0 Å². The molecule has 0 saturated carbocycles. The molecule has 2 heterocycles. The van der Waals surface area contributed by atoms with Crippen LogP contribution in [-0.4, -0.2) is 15.9 Å². The highest BCUT2D eigenvalue weighted by Crippen LogP contribution is 2.33. The van der Waals surface area contributed by atoms with Crippen LogP contribution in [0.5, 0.6) is 0 Å². The van der Waals surface area contributed by atoms with Gasteiger partial charge in [-0.25, -0.2) is 4.98 Å². The van der Waals surface area contributed by atoms with Crippen LogP contribution in [0.2, 0.25) is 0 Å². The van der Waals surface area contributed by atoms with Crippen LogP contribution < -0.4 is 10.9 Å². The molecule has 5 heteroatoms. The number of nitrogens with one attached hydrogen (secondary N) is 2. The molecular weight excluding hydrogens is 242 g/mol. The second-order valence-electron chi connectivity index (χ2n) is 4.63. The van der Waals surface area contributed by atoms with Crippen molar-refractivity contribution in [3.8, 4) is 0 Å². The molecule has 3 rings (SSSR count). The number of H-pyrrole nitrogens is 1. The van der Waals surface area contributed by atoms with Crippen molar-refractivity contribution in [1.82, 2.24) is 9.97 Å². The lowest BCUT2D eigenvalue weighted by Crippen LogP contribution is -2.31. The Labute approximate surface area is 109 Å². The van der Waals surface area contributed by atoms with Gasteiger partial charge in [-0.15, -0.1) is 0 Å². The first-order chi connectivity index (χ1) is 9.15. The maximum Gasteiger partial charge on any atom is 0.256 e. The molecule has 1 amide bonds. The summed E-state index contributed by atoms with van der Waals surface area (Å²) in [5.41, 5.74) is 1.31. The van der Waals surface area contributed by atoms with E-state index in [1.165, 1.54) is 0 Å². The summed E-state index contributed by atoms with van der Waals surface area (Å²) in [5, 5.41) is 2.67. The Bertz CT molecular complexity index is 692. The summed E-state index contributed by atoms with van der Waals surface area (Å²) in [6, 6.07) is 9.55. The van der Waals surface area contributed by atoms with Gasteiger partial charge in [-0.1, -0.05) is 30.3 Å². The number of anilines is 1. The van der Waals surface area contributed by atoms with Gasteiger partial charge >= 0.3 is 0 Å². The summed E-state index contributed by atoms with van der Waals surface area (Å²) in [7, 11) is 0. The predicted molar refractivity (Wildman–Crippen MR) is 71.1 cm³/mol. The molecule has 0 unspecified atom stereocenters.